The number of carbonyl (C=O) groups is 2. The fraction of sp³-hybridized carbons (Fsp3) is 0.467. The number of piperidine rings is 1. The Labute approximate surface area is 113 Å². The van der Waals surface area contributed by atoms with Crippen LogP contribution in [-0.2, 0) is 14.3 Å². The molecule has 19 heavy (non-hydrogen) atoms. The van der Waals surface area contributed by atoms with Crippen LogP contribution in [0.25, 0.3) is 0 Å². The second-order valence-electron chi connectivity index (χ2n) is 5.00. The molecule has 2 rings (SSSR count). The van der Waals surface area contributed by atoms with Crippen molar-refractivity contribution in [1.82, 2.24) is 5.32 Å². The van der Waals surface area contributed by atoms with Crippen LogP contribution in [0.2, 0.25) is 0 Å². The minimum atomic E-state index is -0.220. The highest BCUT2D eigenvalue weighted by molar-refractivity contribution is 5.89. The fourth-order valence-electron chi connectivity index (χ4n) is 2.61. The molecule has 0 spiro atoms. The molecule has 1 aliphatic heterocycles. The van der Waals surface area contributed by atoms with Gasteiger partial charge < -0.3 is 10.1 Å². The SMILES string of the molecule is CC(CC1CNCC(c2ccccc2)C1=O)OC=O. The van der Waals surface area contributed by atoms with Crippen LogP contribution in [0.1, 0.15) is 24.8 Å². The van der Waals surface area contributed by atoms with E-state index in [-0.39, 0.29) is 23.7 Å². The lowest BCUT2D eigenvalue weighted by molar-refractivity contribution is -0.136. The number of ether oxygens (including phenoxy) is 1. The smallest absolute Gasteiger partial charge is 0.293 e. The predicted molar refractivity (Wildman–Crippen MR) is 71.8 cm³/mol. The van der Waals surface area contributed by atoms with E-state index in [4.69, 9.17) is 4.74 Å². The van der Waals surface area contributed by atoms with Crippen molar-refractivity contribution in [3.05, 3.63) is 35.9 Å². The lowest BCUT2D eigenvalue weighted by Crippen LogP contribution is -2.43. The van der Waals surface area contributed by atoms with Crippen molar-refractivity contribution in [3.63, 3.8) is 0 Å². The first kappa shape index (κ1) is 13.7. The number of ketones is 1. The number of hydrogen-bond donors (Lipinski definition) is 1. The number of Topliss-reactive ketones (excluding diaryl/α,β-unsaturated/α-hetero) is 1. The maximum Gasteiger partial charge on any atom is 0.293 e. The van der Waals surface area contributed by atoms with Crippen molar-refractivity contribution in [2.45, 2.75) is 25.4 Å². The van der Waals surface area contributed by atoms with Crippen LogP contribution >= 0.6 is 0 Å². The zero-order valence-electron chi connectivity index (χ0n) is 11.0. The summed E-state index contributed by atoms with van der Waals surface area (Å²) < 4.78 is 4.87. The van der Waals surface area contributed by atoms with Crippen LogP contribution in [-0.4, -0.2) is 31.4 Å². The van der Waals surface area contributed by atoms with E-state index in [2.05, 4.69) is 5.32 Å². The minimum Gasteiger partial charge on any atom is -0.465 e. The highest BCUT2D eigenvalue weighted by atomic mass is 16.5. The zero-order chi connectivity index (χ0) is 13.7. The molecule has 0 aliphatic carbocycles. The molecule has 1 aromatic rings. The maximum atomic E-state index is 12.5. The van der Waals surface area contributed by atoms with Gasteiger partial charge in [-0.05, 0) is 18.9 Å². The van der Waals surface area contributed by atoms with E-state index >= 15 is 0 Å². The molecule has 1 aliphatic rings. The van der Waals surface area contributed by atoms with Crippen LogP contribution in [0.3, 0.4) is 0 Å². The van der Waals surface area contributed by atoms with Crippen molar-refractivity contribution in [1.29, 1.82) is 0 Å². The Morgan fingerprint density at radius 1 is 1.37 bits per heavy atom. The monoisotopic (exact) mass is 261 g/mol. The van der Waals surface area contributed by atoms with Gasteiger partial charge in [0.2, 0.25) is 0 Å². The highest BCUT2D eigenvalue weighted by Gasteiger charge is 2.32. The van der Waals surface area contributed by atoms with Gasteiger partial charge in [-0.2, -0.15) is 0 Å². The second kappa shape index (κ2) is 6.48. The summed E-state index contributed by atoms with van der Waals surface area (Å²) >= 11 is 0. The Balaban J connectivity index is 2.04. The van der Waals surface area contributed by atoms with Crippen molar-refractivity contribution in [2.75, 3.05) is 13.1 Å². The molecule has 0 bridgehead atoms. The summed E-state index contributed by atoms with van der Waals surface area (Å²) in [5.74, 6) is 0.0589. The molecule has 4 nitrogen and oxygen atoms in total. The summed E-state index contributed by atoms with van der Waals surface area (Å²) in [6, 6.07) is 9.81. The third-order valence-corrected chi connectivity index (χ3v) is 3.59. The van der Waals surface area contributed by atoms with E-state index in [1.807, 2.05) is 37.3 Å². The van der Waals surface area contributed by atoms with Crippen molar-refractivity contribution in [3.8, 4) is 0 Å². The third kappa shape index (κ3) is 3.41. The molecule has 4 heteroatoms. The third-order valence-electron chi connectivity index (χ3n) is 3.59. The molecule has 3 unspecified atom stereocenters. The summed E-state index contributed by atoms with van der Waals surface area (Å²) in [5, 5.41) is 3.30. The highest BCUT2D eigenvalue weighted by Crippen LogP contribution is 2.25. The van der Waals surface area contributed by atoms with E-state index in [0.29, 0.717) is 26.0 Å². The number of hydrogen-bond acceptors (Lipinski definition) is 4. The normalized spacial score (nSPS) is 24.8. The van der Waals surface area contributed by atoms with Gasteiger partial charge in [-0.25, -0.2) is 0 Å². The number of rotatable bonds is 5. The number of benzene rings is 1. The van der Waals surface area contributed by atoms with Gasteiger partial charge in [0.05, 0.1) is 12.0 Å². The summed E-state index contributed by atoms with van der Waals surface area (Å²) in [6.45, 7) is 3.60. The van der Waals surface area contributed by atoms with Gasteiger partial charge in [0, 0.05) is 19.0 Å². The molecule has 1 aromatic carbocycles. The first-order valence-corrected chi connectivity index (χ1v) is 6.61. The van der Waals surface area contributed by atoms with Crippen molar-refractivity contribution < 1.29 is 14.3 Å². The largest absolute Gasteiger partial charge is 0.465 e. The predicted octanol–water partition coefficient (Wildman–Crippen LogP) is 1.51. The minimum absolute atomic E-state index is 0.0890. The van der Waals surface area contributed by atoms with Crippen LogP contribution in [0.4, 0.5) is 0 Å². The van der Waals surface area contributed by atoms with Crippen LogP contribution in [0, 0.1) is 5.92 Å². The molecule has 3 atom stereocenters. The van der Waals surface area contributed by atoms with E-state index < -0.39 is 0 Å². The van der Waals surface area contributed by atoms with Crippen LogP contribution in [0.5, 0.6) is 0 Å². The maximum absolute atomic E-state index is 12.5. The van der Waals surface area contributed by atoms with E-state index in [0.717, 1.165) is 5.56 Å². The fourth-order valence-corrected chi connectivity index (χ4v) is 2.61. The van der Waals surface area contributed by atoms with Gasteiger partial charge in [-0.3, -0.25) is 9.59 Å². The first-order chi connectivity index (χ1) is 9.22. The van der Waals surface area contributed by atoms with Gasteiger partial charge in [0.1, 0.15) is 5.78 Å². The molecule has 0 aromatic heterocycles. The first-order valence-electron chi connectivity index (χ1n) is 6.61. The van der Waals surface area contributed by atoms with E-state index in [1.54, 1.807) is 0 Å². The molecule has 1 N–H and O–H groups in total. The molecule has 102 valence electrons. The average Bonchev–Trinajstić information content (AvgIpc) is 2.42. The average molecular weight is 261 g/mol. The molecular weight excluding hydrogens is 242 g/mol. The zero-order valence-corrected chi connectivity index (χ0v) is 11.0. The number of nitrogens with one attached hydrogen (secondary N) is 1. The molecule has 0 radical (unpaired) electrons. The molecule has 1 fully saturated rings. The number of carbonyl (C=O) groups excluding carboxylic acids is 2. The van der Waals surface area contributed by atoms with Gasteiger partial charge in [-0.15, -0.1) is 0 Å². The Hall–Kier alpha value is -1.68. The Morgan fingerprint density at radius 3 is 2.79 bits per heavy atom. The van der Waals surface area contributed by atoms with E-state index in [1.165, 1.54) is 0 Å². The lowest BCUT2D eigenvalue weighted by Gasteiger charge is -2.30. The molecule has 1 saturated heterocycles. The Kier molecular flexibility index (Phi) is 4.68. The molecule has 1 heterocycles. The van der Waals surface area contributed by atoms with Gasteiger partial charge in [0.15, 0.2) is 0 Å². The topological polar surface area (TPSA) is 55.4 Å². The van der Waals surface area contributed by atoms with Gasteiger partial charge >= 0.3 is 0 Å². The summed E-state index contributed by atoms with van der Waals surface area (Å²) in [5.41, 5.74) is 1.05. The summed E-state index contributed by atoms with van der Waals surface area (Å²) in [6.07, 6.45) is 0.358. The summed E-state index contributed by atoms with van der Waals surface area (Å²) in [4.78, 5) is 22.8. The molecular formula is C15H19NO3. The van der Waals surface area contributed by atoms with Crippen molar-refractivity contribution >= 4 is 12.3 Å². The van der Waals surface area contributed by atoms with Crippen LogP contribution in [0.15, 0.2) is 30.3 Å². The Bertz CT molecular complexity index is 432. The Morgan fingerprint density at radius 2 is 2.11 bits per heavy atom. The molecule has 0 amide bonds. The summed E-state index contributed by atoms with van der Waals surface area (Å²) in [7, 11) is 0. The van der Waals surface area contributed by atoms with Gasteiger partial charge in [-0.1, -0.05) is 30.3 Å². The second-order valence-corrected chi connectivity index (χ2v) is 5.00. The van der Waals surface area contributed by atoms with E-state index in [9.17, 15) is 9.59 Å². The molecule has 0 saturated carbocycles. The van der Waals surface area contributed by atoms with Gasteiger partial charge in [0.25, 0.3) is 6.47 Å². The standard InChI is InChI=1S/C15H19NO3/c1-11(19-10-17)7-13-8-16-9-14(15(13)18)12-5-3-2-4-6-12/h2-6,10-11,13-14,16H,7-9H2,1H3. The lowest BCUT2D eigenvalue weighted by atomic mass is 9.82. The van der Waals surface area contributed by atoms with Crippen LogP contribution < -0.4 is 5.32 Å². The quantitative estimate of drug-likeness (QED) is 0.816. The van der Waals surface area contributed by atoms with Crippen molar-refractivity contribution in [2.24, 2.45) is 5.92 Å².